The van der Waals surface area contributed by atoms with E-state index in [1.165, 1.54) is 0 Å². The monoisotopic (exact) mass is 430 g/mol. The van der Waals surface area contributed by atoms with Gasteiger partial charge in [-0.1, -0.05) is 29.8 Å². The Morgan fingerprint density at radius 3 is 2.70 bits per heavy atom. The maximum Gasteiger partial charge on any atom is 0.314 e. The van der Waals surface area contributed by atoms with Gasteiger partial charge >= 0.3 is 6.03 Å². The van der Waals surface area contributed by atoms with Crippen LogP contribution in [0, 0.1) is 5.92 Å². The standard InChI is InChI=1S/C22H27ClN4O3/c1-30-18-6-4-5-17(13-18)27-12-9-16(15-27)14-26-22(29)25-11-10-24-21(28)19-7-2-3-8-20(19)23/h2-8,13,16H,9-12,14-15H2,1H3,(H,24,28)(H2,25,26,29). The van der Waals surface area contributed by atoms with Crippen LogP contribution in [0.2, 0.25) is 5.02 Å². The molecule has 0 spiro atoms. The lowest BCUT2D eigenvalue weighted by Gasteiger charge is -2.19. The van der Waals surface area contributed by atoms with Gasteiger partial charge in [-0.3, -0.25) is 4.79 Å². The summed E-state index contributed by atoms with van der Waals surface area (Å²) in [7, 11) is 1.66. The highest BCUT2D eigenvalue weighted by molar-refractivity contribution is 6.33. The van der Waals surface area contributed by atoms with Gasteiger partial charge in [0, 0.05) is 44.5 Å². The Hall–Kier alpha value is -2.93. The second-order valence-corrected chi connectivity index (χ2v) is 7.58. The third kappa shape index (κ3) is 6.03. The number of benzene rings is 2. The topological polar surface area (TPSA) is 82.7 Å². The molecule has 2 aromatic carbocycles. The molecule has 1 aliphatic rings. The number of urea groups is 1. The first-order chi connectivity index (χ1) is 14.6. The van der Waals surface area contributed by atoms with E-state index < -0.39 is 0 Å². The van der Waals surface area contributed by atoms with E-state index in [4.69, 9.17) is 16.3 Å². The molecule has 2 aromatic rings. The molecule has 160 valence electrons. The van der Waals surface area contributed by atoms with Gasteiger partial charge in [-0.05, 0) is 36.6 Å². The summed E-state index contributed by atoms with van der Waals surface area (Å²) in [5, 5.41) is 8.82. The van der Waals surface area contributed by atoms with Crippen LogP contribution in [0.1, 0.15) is 16.8 Å². The first-order valence-corrected chi connectivity index (χ1v) is 10.4. The smallest absolute Gasteiger partial charge is 0.314 e. The SMILES string of the molecule is COc1cccc(N2CCC(CNC(=O)NCCNC(=O)c3ccccc3Cl)C2)c1. The van der Waals surface area contributed by atoms with E-state index in [9.17, 15) is 9.59 Å². The molecule has 3 N–H and O–H groups in total. The van der Waals surface area contributed by atoms with Gasteiger partial charge in [0.2, 0.25) is 0 Å². The molecule has 0 saturated carbocycles. The number of carbonyl (C=O) groups excluding carboxylic acids is 2. The van der Waals surface area contributed by atoms with Gasteiger partial charge in [0.25, 0.3) is 5.91 Å². The van der Waals surface area contributed by atoms with Gasteiger partial charge in [-0.2, -0.15) is 0 Å². The number of halogens is 1. The fourth-order valence-electron chi connectivity index (χ4n) is 3.43. The Kier molecular flexibility index (Phi) is 7.79. The number of methoxy groups -OCH3 is 1. The molecule has 8 heteroatoms. The summed E-state index contributed by atoms with van der Waals surface area (Å²) in [6.07, 6.45) is 1.02. The Balaban J connectivity index is 1.32. The van der Waals surface area contributed by atoms with Gasteiger partial charge in [0.05, 0.1) is 17.7 Å². The molecule has 1 aliphatic heterocycles. The van der Waals surface area contributed by atoms with Crippen LogP contribution >= 0.6 is 11.6 Å². The zero-order chi connectivity index (χ0) is 21.3. The summed E-state index contributed by atoms with van der Waals surface area (Å²) in [4.78, 5) is 26.4. The van der Waals surface area contributed by atoms with Gasteiger partial charge < -0.3 is 25.6 Å². The number of amides is 3. The molecular weight excluding hydrogens is 404 g/mol. The molecule has 1 saturated heterocycles. The Labute approximate surface area is 181 Å². The van der Waals surface area contributed by atoms with E-state index in [1.54, 1.807) is 31.4 Å². The molecular formula is C22H27ClN4O3. The average Bonchev–Trinajstić information content (AvgIpc) is 3.24. The first-order valence-electron chi connectivity index (χ1n) is 10.00. The Morgan fingerprint density at radius 1 is 1.10 bits per heavy atom. The van der Waals surface area contributed by atoms with E-state index in [1.807, 2.05) is 18.2 Å². The zero-order valence-corrected chi connectivity index (χ0v) is 17.7. The molecule has 3 rings (SSSR count). The fourth-order valence-corrected chi connectivity index (χ4v) is 3.65. The van der Waals surface area contributed by atoms with Crippen molar-refractivity contribution < 1.29 is 14.3 Å². The molecule has 0 aromatic heterocycles. The normalized spacial score (nSPS) is 15.5. The van der Waals surface area contributed by atoms with Crippen LogP contribution in [-0.4, -0.2) is 51.8 Å². The van der Waals surface area contributed by atoms with E-state index in [0.29, 0.717) is 36.1 Å². The second-order valence-electron chi connectivity index (χ2n) is 7.17. The van der Waals surface area contributed by atoms with Gasteiger partial charge in [-0.15, -0.1) is 0 Å². The van der Waals surface area contributed by atoms with E-state index in [-0.39, 0.29) is 11.9 Å². The van der Waals surface area contributed by atoms with Crippen LogP contribution in [0.4, 0.5) is 10.5 Å². The van der Waals surface area contributed by atoms with Crippen molar-refractivity contribution in [2.45, 2.75) is 6.42 Å². The molecule has 1 atom stereocenters. The summed E-state index contributed by atoms with van der Waals surface area (Å²) >= 11 is 6.00. The second kappa shape index (κ2) is 10.7. The summed E-state index contributed by atoms with van der Waals surface area (Å²) in [5.74, 6) is 0.975. The zero-order valence-electron chi connectivity index (χ0n) is 17.0. The van der Waals surface area contributed by atoms with Crippen LogP contribution < -0.4 is 25.6 Å². The fraction of sp³-hybridized carbons (Fsp3) is 0.364. The van der Waals surface area contributed by atoms with Crippen LogP contribution in [0.25, 0.3) is 0 Å². The van der Waals surface area contributed by atoms with Gasteiger partial charge in [0.15, 0.2) is 0 Å². The third-order valence-electron chi connectivity index (χ3n) is 5.07. The molecule has 0 aliphatic carbocycles. The van der Waals surface area contributed by atoms with Crippen molar-refractivity contribution in [3.63, 3.8) is 0 Å². The van der Waals surface area contributed by atoms with Crippen molar-refractivity contribution in [1.82, 2.24) is 16.0 Å². The molecule has 1 unspecified atom stereocenters. The highest BCUT2D eigenvalue weighted by atomic mass is 35.5. The molecule has 3 amide bonds. The Morgan fingerprint density at radius 2 is 1.90 bits per heavy atom. The van der Waals surface area contributed by atoms with E-state index in [0.717, 1.165) is 30.9 Å². The number of nitrogens with one attached hydrogen (secondary N) is 3. The van der Waals surface area contributed by atoms with E-state index >= 15 is 0 Å². The van der Waals surface area contributed by atoms with Crippen molar-refractivity contribution >= 4 is 29.2 Å². The van der Waals surface area contributed by atoms with Gasteiger partial charge in [-0.25, -0.2) is 4.79 Å². The number of hydrogen-bond acceptors (Lipinski definition) is 4. The lowest BCUT2D eigenvalue weighted by atomic mass is 10.1. The largest absolute Gasteiger partial charge is 0.497 e. The van der Waals surface area contributed by atoms with E-state index in [2.05, 4.69) is 26.9 Å². The maximum atomic E-state index is 12.1. The van der Waals surface area contributed by atoms with Crippen LogP contribution in [0.5, 0.6) is 5.75 Å². The third-order valence-corrected chi connectivity index (χ3v) is 5.40. The van der Waals surface area contributed by atoms with Crippen LogP contribution in [0.3, 0.4) is 0 Å². The summed E-state index contributed by atoms with van der Waals surface area (Å²) in [5.41, 5.74) is 1.56. The van der Waals surface area contributed by atoms with Crippen molar-refractivity contribution in [2.75, 3.05) is 44.7 Å². The highest BCUT2D eigenvalue weighted by Gasteiger charge is 2.23. The lowest BCUT2D eigenvalue weighted by molar-refractivity contribution is 0.0954. The van der Waals surface area contributed by atoms with Crippen molar-refractivity contribution in [2.24, 2.45) is 5.92 Å². The predicted molar refractivity (Wildman–Crippen MR) is 119 cm³/mol. The van der Waals surface area contributed by atoms with Gasteiger partial charge in [0.1, 0.15) is 5.75 Å². The quantitative estimate of drug-likeness (QED) is 0.562. The maximum absolute atomic E-state index is 12.1. The number of hydrogen-bond donors (Lipinski definition) is 3. The molecule has 30 heavy (non-hydrogen) atoms. The lowest BCUT2D eigenvalue weighted by Crippen LogP contribution is -2.42. The Bertz CT molecular complexity index is 877. The summed E-state index contributed by atoms with van der Waals surface area (Å²) < 4.78 is 5.29. The van der Waals surface area contributed by atoms with Crippen molar-refractivity contribution in [3.8, 4) is 5.75 Å². The number of anilines is 1. The number of rotatable bonds is 8. The molecule has 1 heterocycles. The van der Waals surface area contributed by atoms with Crippen LogP contribution in [0.15, 0.2) is 48.5 Å². The number of ether oxygens (including phenoxy) is 1. The molecule has 0 radical (unpaired) electrons. The minimum absolute atomic E-state index is 0.234. The molecule has 0 bridgehead atoms. The minimum atomic E-state index is -0.258. The van der Waals surface area contributed by atoms with Crippen molar-refractivity contribution in [3.05, 3.63) is 59.1 Å². The summed E-state index contributed by atoms with van der Waals surface area (Å²) in [6, 6.07) is 14.6. The highest BCUT2D eigenvalue weighted by Crippen LogP contribution is 2.26. The minimum Gasteiger partial charge on any atom is -0.497 e. The number of nitrogens with zero attached hydrogens (tertiary/aromatic N) is 1. The van der Waals surface area contributed by atoms with Crippen LogP contribution in [-0.2, 0) is 0 Å². The first kappa shape index (κ1) is 21.8. The summed E-state index contributed by atoms with van der Waals surface area (Å²) in [6.45, 7) is 3.11. The molecule has 7 nitrogen and oxygen atoms in total. The van der Waals surface area contributed by atoms with Crippen molar-refractivity contribution in [1.29, 1.82) is 0 Å². The molecule has 1 fully saturated rings. The average molecular weight is 431 g/mol. The predicted octanol–water partition coefficient (Wildman–Crippen LogP) is 2.90. The number of carbonyl (C=O) groups is 2.